The normalized spacial score (nSPS) is 11.1. The van der Waals surface area contributed by atoms with Crippen LogP contribution in [0, 0.1) is 34.0 Å². The number of benzene rings is 7. The van der Waals surface area contributed by atoms with Crippen LogP contribution < -0.4 is 0 Å². The van der Waals surface area contributed by atoms with Gasteiger partial charge in [0.05, 0.1) is 62.7 Å². The molecule has 0 radical (unpaired) electrons. The van der Waals surface area contributed by atoms with Crippen LogP contribution in [0.4, 0.5) is 0 Å². The van der Waals surface area contributed by atoms with Crippen LogP contribution >= 0.6 is 0 Å². The van der Waals surface area contributed by atoms with Gasteiger partial charge in [-0.15, -0.1) is 0 Å². The molecule has 7 aromatic carbocycles. The maximum Gasteiger partial charge on any atom is 0.0998 e. The molecule has 2 aromatic heterocycles. The Bertz CT molecular complexity index is 2850. The molecule has 0 saturated carbocycles. The van der Waals surface area contributed by atoms with Crippen molar-refractivity contribution in [3.63, 3.8) is 0 Å². The quantitative estimate of drug-likeness (QED) is 0.193. The summed E-state index contributed by atoms with van der Waals surface area (Å²) in [4.78, 5) is 0. The Kier molecular flexibility index (Phi) is 6.56. The van der Waals surface area contributed by atoms with Gasteiger partial charge < -0.3 is 9.13 Å². The zero-order valence-electron chi connectivity index (χ0n) is 26.7. The molecule has 0 aliphatic carbocycles. The predicted octanol–water partition coefficient (Wildman–Crippen LogP) is 10.8. The number of rotatable bonds is 4. The largest absolute Gasteiger partial charge is 0.309 e. The Morgan fingerprint density at radius 3 is 1.60 bits per heavy atom. The lowest BCUT2D eigenvalue weighted by Crippen LogP contribution is -1.98. The lowest BCUT2D eigenvalue weighted by Gasteiger charge is -2.16. The van der Waals surface area contributed by atoms with Crippen molar-refractivity contribution in [2.45, 2.75) is 0 Å². The fourth-order valence-electron chi connectivity index (χ4n) is 7.39. The summed E-state index contributed by atoms with van der Waals surface area (Å²) >= 11 is 0. The topological polar surface area (TPSA) is 81.2 Å². The fraction of sp³-hybridized carbons (Fsp3) is 0. The van der Waals surface area contributed by atoms with Crippen LogP contribution in [-0.4, -0.2) is 9.13 Å². The maximum atomic E-state index is 10.4. The fourth-order valence-corrected chi connectivity index (χ4v) is 7.39. The van der Waals surface area contributed by atoms with Crippen molar-refractivity contribution in [1.82, 2.24) is 9.13 Å². The molecular weight excluding hydrogens is 611 g/mol. The van der Waals surface area contributed by atoms with Crippen molar-refractivity contribution >= 4 is 43.6 Å². The maximum absolute atomic E-state index is 10.4. The van der Waals surface area contributed by atoms with Crippen LogP contribution in [0.3, 0.4) is 0 Å². The van der Waals surface area contributed by atoms with Crippen molar-refractivity contribution in [2.75, 3.05) is 0 Å². The van der Waals surface area contributed by atoms with Crippen molar-refractivity contribution in [2.24, 2.45) is 0 Å². The molecule has 9 aromatic rings. The molecule has 230 valence electrons. The number of hydrogen-bond acceptors (Lipinski definition) is 3. The summed E-state index contributed by atoms with van der Waals surface area (Å²) in [6.07, 6.45) is 0. The van der Waals surface area contributed by atoms with E-state index < -0.39 is 0 Å². The van der Waals surface area contributed by atoms with Gasteiger partial charge in [-0.2, -0.15) is 15.8 Å². The zero-order chi connectivity index (χ0) is 33.8. The first-order valence-corrected chi connectivity index (χ1v) is 16.3. The van der Waals surface area contributed by atoms with Gasteiger partial charge in [0.1, 0.15) is 0 Å². The highest BCUT2D eigenvalue weighted by molar-refractivity contribution is 6.11. The van der Waals surface area contributed by atoms with Crippen molar-refractivity contribution in [3.05, 3.63) is 168 Å². The molecule has 0 saturated heterocycles. The lowest BCUT2D eigenvalue weighted by atomic mass is 9.93. The molecule has 50 heavy (non-hydrogen) atoms. The van der Waals surface area contributed by atoms with E-state index in [1.807, 2.05) is 66.7 Å². The minimum absolute atomic E-state index is 0.568. The van der Waals surface area contributed by atoms with Crippen LogP contribution in [0.15, 0.2) is 152 Å². The molecule has 0 bridgehead atoms. The van der Waals surface area contributed by atoms with Gasteiger partial charge in [-0.1, -0.05) is 72.8 Å². The van der Waals surface area contributed by atoms with Gasteiger partial charge in [0, 0.05) is 38.4 Å². The summed E-state index contributed by atoms with van der Waals surface area (Å²) in [6.45, 7) is 0. The Morgan fingerprint density at radius 2 is 0.960 bits per heavy atom. The lowest BCUT2D eigenvalue weighted by molar-refractivity contribution is 1.18. The number of nitrogens with zero attached hydrogens (tertiary/aromatic N) is 5. The number of hydrogen-bond donors (Lipinski definition) is 0. The summed E-state index contributed by atoms with van der Waals surface area (Å²) in [5.41, 5.74) is 11.6. The third-order valence-electron chi connectivity index (χ3n) is 9.62. The van der Waals surface area contributed by atoms with Crippen LogP contribution in [0.1, 0.15) is 16.7 Å². The first-order chi connectivity index (χ1) is 24.7. The van der Waals surface area contributed by atoms with E-state index in [2.05, 4.69) is 112 Å². The molecule has 9 rings (SSSR count). The SMILES string of the molecule is N#Cc1ccc2c(c1)c1cc(C#N)ccc1n2-c1cccc(-c2ccc(C#N)c(-c3ccccc3-n3c4ccccc4c4ccccc43)c2)c1. The van der Waals surface area contributed by atoms with E-state index >= 15 is 0 Å². The van der Waals surface area contributed by atoms with Crippen LogP contribution in [0.2, 0.25) is 0 Å². The molecule has 0 unspecified atom stereocenters. The minimum Gasteiger partial charge on any atom is -0.309 e. The highest BCUT2D eigenvalue weighted by Gasteiger charge is 2.18. The molecule has 2 heterocycles. The summed E-state index contributed by atoms with van der Waals surface area (Å²) in [7, 11) is 0. The number of para-hydroxylation sites is 3. The monoisotopic (exact) mass is 635 g/mol. The average Bonchev–Trinajstić information content (AvgIpc) is 3.69. The van der Waals surface area contributed by atoms with Gasteiger partial charge in [-0.25, -0.2) is 0 Å². The second kappa shape index (κ2) is 11.4. The number of aromatic nitrogens is 2. The van der Waals surface area contributed by atoms with Gasteiger partial charge in [0.25, 0.3) is 0 Å². The van der Waals surface area contributed by atoms with Gasteiger partial charge in [-0.3, -0.25) is 0 Å². The van der Waals surface area contributed by atoms with E-state index in [1.54, 1.807) is 0 Å². The molecule has 0 spiro atoms. The van der Waals surface area contributed by atoms with Gasteiger partial charge in [-0.05, 0) is 90.0 Å². The Balaban J connectivity index is 1.23. The zero-order valence-corrected chi connectivity index (χ0v) is 26.7. The summed E-state index contributed by atoms with van der Waals surface area (Å²) in [5.74, 6) is 0. The van der Waals surface area contributed by atoms with E-state index in [9.17, 15) is 15.8 Å². The Hall–Kier alpha value is -7.39. The Labute approximate surface area is 287 Å². The van der Waals surface area contributed by atoms with Gasteiger partial charge >= 0.3 is 0 Å². The second-order valence-electron chi connectivity index (χ2n) is 12.3. The number of nitriles is 3. The summed E-state index contributed by atoms with van der Waals surface area (Å²) in [5, 5.41) is 33.8. The average molecular weight is 636 g/mol. The van der Waals surface area contributed by atoms with Gasteiger partial charge in [0.15, 0.2) is 0 Å². The van der Waals surface area contributed by atoms with E-state index in [0.29, 0.717) is 16.7 Å². The molecule has 0 N–H and O–H groups in total. The van der Waals surface area contributed by atoms with E-state index in [-0.39, 0.29) is 0 Å². The summed E-state index contributed by atoms with van der Waals surface area (Å²) in [6, 6.07) is 57.9. The molecule has 0 atom stereocenters. The Morgan fingerprint density at radius 1 is 0.380 bits per heavy atom. The van der Waals surface area contributed by atoms with E-state index in [4.69, 9.17) is 0 Å². The minimum atomic E-state index is 0.568. The van der Waals surface area contributed by atoms with Crippen molar-refractivity contribution in [1.29, 1.82) is 15.8 Å². The summed E-state index contributed by atoms with van der Waals surface area (Å²) < 4.78 is 4.48. The highest BCUT2D eigenvalue weighted by atomic mass is 15.0. The van der Waals surface area contributed by atoms with Crippen LogP contribution in [0.5, 0.6) is 0 Å². The van der Waals surface area contributed by atoms with E-state index in [0.717, 1.165) is 66.5 Å². The molecule has 0 fully saturated rings. The third kappa shape index (κ3) is 4.38. The number of fused-ring (bicyclic) bond motifs is 6. The standard InChI is InChI=1S/C45H25N5/c46-26-29-16-20-44-39(22-29)40-23-30(27-47)17-21-45(40)49(44)34-9-7-8-31(24-34)32-18-19-33(28-48)38(25-32)37-12-3-6-15-43(37)50-41-13-4-1-10-35(41)36-11-2-5-14-42(36)50/h1-25H. The van der Waals surface area contributed by atoms with Crippen LogP contribution in [0.25, 0.3) is 77.2 Å². The molecule has 0 amide bonds. The molecule has 5 nitrogen and oxygen atoms in total. The molecule has 0 aliphatic rings. The van der Waals surface area contributed by atoms with Gasteiger partial charge in [0.2, 0.25) is 0 Å². The highest BCUT2D eigenvalue weighted by Crippen LogP contribution is 2.39. The first kappa shape index (κ1) is 28.8. The third-order valence-corrected chi connectivity index (χ3v) is 9.62. The second-order valence-corrected chi connectivity index (χ2v) is 12.3. The molecular formula is C45H25N5. The van der Waals surface area contributed by atoms with Crippen molar-refractivity contribution in [3.8, 4) is 51.8 Å². The van der Waals surface area contributed by atoms with Crippen molar-refractivity contribution < 1.29 is 0 Å². The smallest absolute Gasteiger partial charge is 0.0998 e. The van der Waals surface area contributed by atoms with E-state index in [1.165, 1.54) is 10.8 Å². The predicted molar refractivity (Wildman–Crippen MR) is 200 cm³/mol. The first-order valence-electron chi connectivity index (χ1n) is 16.3. The molecule has 0 aliphatic heterocycles. The molecule has 5 heteroatoms. The van der Waals surface area contributed by atoms with Crippen LogP contribution in [-0.2, 0) is 0 Å².